The monoisotopic (exact) mass is 683 g/mol. The third-order valence-electron chi connectivity index (χ3n) is 7.24. The van der Waals surface area contributed by atoms with Crippen molar-refractivity contribution in [2.45, 2.75) is 30.8 Å². The normalized spacial score (nSPS) is 11.8. The van der Waals surface area contributed by atoms with Crippen LogP contribution in [-0.4, -0.2) is 58.5 Å². The standard InChI is InChI=1S/C34H35Cl2N3O6S/c1-4-37-34(41)31(21-24-10-6-5-7-11-24)38(22-25-14-19-28(35)29(36)20-25)33(40)23-39(30-12-8-9-13-32(30)45-3)46(42,43)27-17-15-26(44-2)16-18-27/h5-20,31H,4,21-23H2,1-3H3,(H,37,41)/t31-/m0/s1. The minimum absolute atomic E-state index is 0.0489. The fraction of sp³-hybridized carbons (Fsp3) is 0.235. The van der Waals surface area contributed by atoms with Crippen LogP contribution in [0.25, 0.3) is 0 Å². The molecule has 2 amide bonds. The molecule has 0 saturated carbocycles. The first-order chi connectivity index (χ1) is 22.1. The summed E-state index contributed by atoms with van der Waals surface area (Å²) in [6, 6.07) is 25.6. The van der Waals surface area contributed by atoms with E-state index in [9.17, 15) is 18.0 Å². The topological polar surface area (TPSA) is 105 Å². The van der Waals surface area contributed by atoms with Gasteiger partial charge in [-0.15, -0.1) is 0 Å². The van der Waals surface area contributed by atoms with E-state index in [1.165, 1.54) is 43.4 Å². The van der Waals surface area contributed by atoms with Gasteiger partial charge in [0.25, 0.3) is 10.0 Å². The molecule has 0 radical (unpaired) electrons. The number of amides is 2. The number of halogens is 2. The van der Waals surface area contributed by atoms with E-state index >= 15 is 0 Å². The average Bonchev–Trinajstić information content (AvgIpc) is 3.07. The Morgan fingerprint density at radius 2 is 1.50 bits per heavy atom. The summed E-state index contributed by atoms with van der Waals surface area (Å²) in [5.74, 6) is -0.298. The second-order valence-corrected chi connectivity index (χ2v) is 12.9. The van der Waals surface area contributed by atoms with Gasteiger partial charge in [-0.2, -0.15) is 0 Å². The molecule has 0 unspecified atom stereocenters. The van der Waals surface area contributed by atoms with Gasteiger partial charge < -0.3 is 19.7 Å². The number of rotatable bonds is 14. The Kier molecular flexibility index (Phi) is 11.9. The Balaban J connectivity index is 1.83. The highest BCUT2D eigenvalue weighted by atomic mass is 35.5. The van der Waals surface area contributed by atoms with E-state index in [-0.39, 0.29) is 40.2 Å². The number of nitrogens with zero attached hydrogens (tertiary/aromatic N) is 2. The van der Waals surface area contributed by atoms with Crippen molar-refractivity contribution in [3.8, 4) is 11.5 Å². The van der Waals surface area contributed by atoms with E-state index in [1.807, 2.05) is 30.3 Å². The van der Waals surface area contributed by atoms with Crippen LogP contribution in [0.5, 0.6) is 11.5 Å². The fourth-order valence-electron chi connectivity index (χ4n) is 4.90. The van der Waals surface area contributed by atoms with Crippen LogP contribution >= 0.6 is 23.2 Å². The first-order valence-electron chi connectivity index (χ1n) is 14.4. The van der Waals surface area contributed by atoms with E-state index in [4.69, 9.17) is 32.7 Å². The highest BCUT2D eigenvalue weighted by molar-refractivity contribution is 7.92. The molecule has 0 heterocycles. The van der Waals surface area contributed by atoms with Crippen LogP contribution in [0.1, 0.15) is 18.1 Å². The van der Waals surface area contributed by atoms with Crippen LogP contribution in [0.3, 0.4) is 0 Å². The first kappa shape index (κ1) is 34.6. The maximum atomic E-state index is 14.5. The number of sulfonamides is 1. The summed E-state index contributed by atoms with van der Waals surface area (Å²) in [5.41, 5.74) is 1.58. The fourth-order valence-corrected chi connectivity index (χ4v) is 6.65. The molecule has 0 saturated heterocycles. The van der Waals surface area contributed by atoms with Gasteiger partial charge >= 0.3 is 0 Å². The Morgan fingerprint density at radius 3 is 2.13 bits per heavy atom. The molecule has 12 heteroatoms. The molecule has 46 heavy (non-hydrogen) atoms. The Labute approximate surface area is 279 Å². The van der Waals surface area contributed by atoms with Crippen molar-refractivity contribution in [2.24, 2.45) is 0 Å². The molecule has 1 atom stereocenters. The van der Waals surface area contributed by atoms with Gasteiger partial charge in [-0.05, 0) is 66.6 Å². The number of anilines is 1. The predicted molar refractivity (Wildman–Crippen MR) is 180 cm³/mol. The molecule has 9 nitrogen and oxygen atoms in total. The number of nitrogens with one attached hydrogen (secondary N) is 1. The number of ether oxygens (including phenoxy) is 2. The number of para-hydroxylation sites is 2. The van der Waals surface area contributed by atoms with Crippen LogP contribution in [0, 0.1) is 0 Å². The lowest BCUT2D eigenvalue weighted by atomic mass is 10.0. The minimum Gasteiger partial charge on any atom is -0.497 e. The lowest BCUT2D eigenvalue weighted by Crippen LogP contribution is -2.53. The molecule has 0 aliphatic carbocycles. The van der Waals surface area contributed by atoms with Crippen LogP contribution in [0.2, 0.25) is 10.0 Å². The highest BCUT2D eigenvalue weighted by Crippen LogP contribution is 2.33. The third kappa shape index (κ3) is 8.31. The summed E-state index contributed by atoms with van der Waals surface area (Å²) < 4.78 is 40.2. The lowest BCUT2D eigenvalue weighted by Gasteiger charge is -2.34. The molecule has 4 aromatic rings. The van der Waals surface area contributed by atoms with Crippen molar-refractivity contribution in [1.82, 2.24) is 10.2 Å². The SMILES string of the molecule is CCNC(=O)[C@H](Cc1ccccc1)N(Cc1ccc(Cl)c(Cl)c1)C(=O)CN(c1ccccc1OC)S(=O)(=O)c1ccc(OC)cc1. The molecule has 0 bridgehead atoms. The maximum absolute atomic E-state index is 14.5. The molecule has 4 rings (SSSR count). The molecular weight excluding hydrogens is 649 g/mol. The van der Waals surface area contributed by atoms with Crippen molar-refractivity contribution in [3.63, 3.8) is 0 Å². The zero-order chi connectivity index (χ0) is 33.3. The Bertz CT molecular complexity index is 1750. The molecule has 0 spiro atoms. The second kappa shape index (κ2) is 15.8. The van der Waals surface area contributed by atoms with Gasteiger partial charge in [0.15, 0.2) is 0 Å². The van der Waals surface area contributed by atoms with Crippen LogP contribution in [0.15, 0.2) is 102 Å². The number of benzene rings is 4. The Hall–Kier alpha value is -4.25. The summed E-state index contributed by atoms with van der Waals surface area (Å²) >= 11 is 12.5. The summed E-state index contributed by atoms with van der Waals surface area (Å²) in [4.78, 5) is 29.5. The zero-order valence-electron chi connectivity index (χ0n) is 25.7. The van der Waals surface area contributed by atoms with Crippen LogP contribution < -0.4 is 19.1 Å². The largest absolute Gasteiger partial charge is 0.497 e. The number of carbonyl (C=O) groups excluding carboxylic acids is 2. The predicted octanol–water partition coefficient (Wildman–Crippen LogP) is 5.98. The van der Waals surface area contributed by atoms with Crippen molar-refractivity contribution in [2.75, 3.05) is 31.6 Å². The quantitative estimate of drug-likeness (QED) is 0.175. The second-order valence-electron chi connectivity index (χ2n) is 10.2. The van der Waals surface area contributed by atoms with E-state index < -0.39 is 28.5 Å². The molecule has 0 aromatic heterocycles. The van der Waals surface area contributed by atoms with E-state index in [1.54, 1.807) is 49.4 Å². The van der Waals surface area contributed by atoms with Gasteiger partial charge in [-0.1, -0.05) is 71.7 Å². The summed E-state index contributed by atoms with van der Waals surface area (Å²) in [5, 5.41) is 3.45. The van der Waals surface area contributed by atoms with Gasteiger partial charge in [0, 0.05) is 19.5 Å². The highest BCUT2D eigenvalue weighted by Gasteiger charge is 2.35. The van der Waals surface area contributed by atoms with Crippen molar-refractivity contribution in [1.29, 1.82) is 0 Å². The minimum atomic E-state index is -4.33. The molecule has 1 N–H and O–H groups in total. The number of hydrogen-bond donors (Lipinski definition) is 1. The van der Waals surface area contributed by atoms with Gasteiger partial charge in [0.05, 0.1) is 34.8 Å². The molecule has 242 valence electrons. The van der Waals surface area contributed by atoms with Crippen LogP contribution in [-0.2, 0) is 32.6 Å². The summed E-state index contributed by atoms with van der Waals surface area (Å²) in [6.07, 6.45) is 0.180. The van der Waals surface area contributed by atoms with Gasteiger partial charge in [-0.25, -0.2) is 8.42 Å². The van der Waals surface area contributed by atoms with Gasteiger partial charge in [-0.3, -0.25) is 13.9 Å². The lowest BCUT2D eigenvalue weighted by molar-refractivity contribution is -0.140. The van der Waals surface area contributed by atoms with E-state index in [0.717, 1.165) is 9.87 Å². The number of carbonyl (C=O) groups is 2. The average molecular weight is 685 g/mol. The molecular formula is C34H35Cl2N3O6S. The third-order valence-corrected chi connectivity index (χ3v) is 9.75. The van der Waals surface area contributed by atoms with E-state index in [0.29, 0.717) is 22.9 Å². The first-order valence-corrected chi connectivity index (χ1v) is 16.6. The maximum Gasteiger partial charge on any atom is 0.264 e. The number of hydrogen-bond acceptors (Lipinski definition) is 6. The molecule has 0 fully saturated rings. The number of methoxy groups -OCH3 is 2. The smallest absolute Gasteiger partial charge is 0.264 e. The number of likely N-dealkylation sites (N-methyl/N-ethyl adjacent to an activating group) is 1. The van der Waals surface area contributed by atoms with Crippen molar-refractivity contribution in [3.05, 3.63) is 118 Å². The Morgan fingerprint density at radius 1 is 0.826 bits per heavy atom. The zero-order valence-corrected chi connectivity index (χ0v) is 28.0. The van der Waals surface area contributed by atoms with E-state index in [2.05, 4.69) is 5.32 Å². The van der Waals surface area contributed by atoms with Gasteiger partial charge in [0.1, 0.15) is 24.1 Å². The van der Waals surface area contributed by atoms with Gasteiger partial charge in [0.2, 0.25) is 11.8 Å². The summed E-state index contributed by atoms with van der Waals surface area (Å²) in [7, 11) is -1.43. The molecule has 0 aliphatic heterocycles. The van der Waals surface area contributed by atoms with Crippen molar-refractivity contribution >= 4 is 50.7 Å². The molecule has 0 aliphatic rings. The molecule has 4 aromatic carbocycles. The van der Waals surface area contributed by atoms with Crippen molar-refractivity contribution < 1.29 is 27.5 Å². The van der Waals surface area contributed by atoms with Crippen LogP contribution in [0.4, 0.5) is 5.69 Å². The summed E-state index contributed by atoms with van der Waals surface area (Å²) in [6.45, 7) is 1.43.